The van der Waals surface area contributed by atoms with Crippen LogP contribution in [0.4, 0.5) is 4.39 Å². The predicted molar refractivity (Wildman–Crippen MR) is 85.0 cm³/mol. The quantitative estimate of drug-likeness (QED) is 0.828. The van der Waals surface area contributed by atoms with Gasteiger partial charge in [0.2, 0.25) is 0 Å². The zero-order valence-electron chi connectivity index (χ0n) is 10.8. The van der Waals surface area contributed by atoms with Crippen molar-refractivity contribution < 1.29 is 9.50 Å². The van der Waals surface area contributed by atoms with Crippen molar-refractivity contribution in [1.82, 2.24) is 10.2 Å². The van der Waals surface area contributed by atoms with Crippen molar-refractivity contribution in [3.63, 3.8) is 0 Å². The first kappa shape index (κ1) is 19.5. The smallest absolute Gasteiger partial charge is 0.139 e. The number of piperazine rings is 1. The minimum atomic E-state index is -0.449. The van der Waals surface area contributed by atoms with Gasteiger partial charge < -0.3 is 10.4 Å². The molecule has 1 aliphatic rings. The lowest BCUT2D eigenvalue weighted by atomic mass is 10.0. The lowest BCUT2D eigenvalue weighted by molar-refractivity contribution is 0.200. The van der Waals surface area contributed by atoms with Crippen LogP contribution in [0.15, 0.2) is 24.8 Å². The molecule has 1 heterocycles. The van der Waals surface area contributed by atoms with E-state index in [1.165, 1.54) is 6.07 Å². The third-order valence-corrected chi connectivity index (χ3v) is 3.43. The Morgan fingerprint density at radius 2 is 1.95 bits per heavy atom. The molecule has 1 aromatic carbocycles. The molecular weight excluding hydrogens is 326 g/mol. The molecule has 0 radical (unpaired) electrons. The molecular formula is C13H18Cl3FN2O. The first-order valence-corrected chi connectivity index (χ1v) is 6.26. The molecule has 1 aromatic rings. The molecule has 0 unspecified atom stereocenters. The molecule has 114 valence electrons. The van der Waals surface area contributed by atoms with Gasteiger partial charge in [-0.05, 0) is 12.1 Å². The third-order valence-electron chi connectivity index (χ3n) is 3.14. The molecule has 0 bridgehead atoms. The Kier molecular flexibility index (Phi) is 8.47. The Morgan fingerprint density at radius 1 is 1.35 bits per heavy atom. The van der Waals surface area contributed by atoms with E-state index >= 15 is 0 Å². The number of benzene rings is 1. The Morgan fingerprint density at radius 3 is 2.50 bits per heavy atom. The molecule has 2 rings (SSSR count). The van der Waals surface area contributed by atoms with Gasteiger partial charge in [-0.25, -0.2) is 4.39 Å². The summed E-state index contributed by atoms with van der Waals surface area (Å²) in [6.45, 7) is 7.16. The van der Waals surface area contributed by atoms with Crippen LogP contribution in [0.1, 0.15) is 11.6 Å². The Hall–Kier alpha value is -0.520. The average molecular weight is 344 g/mol. The molecule has 20 heavy (non-hydrogen) atoms. The number of aromatic hydroxyl groups is 1. The van der Waals surface area contributed by atoms with Crippen LogP contribution in [0.5, 0.6) is 5.75 Å². The maximum atomic E-state index is 13.4. The lowest BCUT2D eigenvalue weighted by Crippen LogP contribution is -2.44. The molecule has 1 saturated heterocycles. The summed E-state index contributed by atoms with van der Waals surface area (Å²) in [5, 5.41) is 13.2. The van der Waals surface area contributed by atoms with E-state index in [0.29, 0.717) is 5.56 Å². The van der Waals surface area contributed by atoms with Crippen molar-refractivity contribution in [3.8, 4) is 5.75 Å². The number of halogens is 4. The van der Waals surface area contributed by atoms with E-state index in [-0.39, 0.29) is 41.6 Å². The highest BCUT2D eigenvalue weighted by Crippen LogP contribution is 2.35. The van der Waals surface area contributed by atoms with Crippen LogP contribution in [0.25, 0.3) is 0 Å². The molecule has 1 aliphatic heterocycles. The second kappa shape index (κ2) is 8.70. The van der Waals surface area contributed by atoms with Gasteiger partial charge in [0.15, 0.2) is 0 Å². The van der Waals surface area contributed by atoms with Crippen LogP contribution >= 0.6 is 36.4 Å². The highest BCUT2D eigenvalue weighted by molar-refractivity contribution is 6.32. The Balaban J connectivity index is 0.00000180. The summed E-state index contributed by atoms with van der Waals surface area (Å²) < 4.78 is 13.4. The van der Waals surface area contributed by atoms with Crippen LogP contribution in [-0.4, -0.2) is 36.2 Å². The van der Waals surface area contributed by atoms with Gasteiger partial charge in [-0.15, -0.1) is 31.4 Å². The zero-order valence-corrected chi connectivity index (χ0v) is 13.2. The van der Waals surface area contributed by atoms with Crippen molar-refractivity contribution in [2.75, 3.05) is 26.2 Å². The summed E-state index contributed by atoms with van der Waals surface area (Å²) in [6, 6.07) is 2.20. The maximum absolute atomic E-state index is 13.4. The fourth-order valence-electron chi connectivity index (χ4n) is 2.24. The number of rotatable bonds is 3. The zero-order chi connectivity index (χ0) is 13.1. The molecule has 3 nitrogen and oxygen atoms in total. The van der Waals surface area contributed by atoms with Gasteiger partial charge in [-0.1, -0.05) is 17.7 Å². The average Bonchev–Trinajstić information content (AvgIpc) is 2.37. The van der Waals surface area contributed by atoms with Crippen molar-refractivity contribution >= 4 is 36.4 Å². The minimum Gasteiger partial charge on any atom is -0.506 e. The van der Waals surface area contributed by atoms with E-state index in [4.69, 9.17) is 11.6 Å². The number of nitrogens with one attached hydrogen (secondary N) is 1. The molecule has 0 spiro atoms. The minimum absolute atomic E-state index is 0. The number of hydrogen-bond donors (Lipinski definition) is 2. The SMILES string of the molecule is C=C[C@H](c1cc(F)cc(Cl)c1O)N1CCNCC1.Cl.Cl. The first-order valence-electron chi connectivity index (χ1n) is 5.88. The summed E-state index contributed by atoms with van der Waals surface area (Å²) in [5.74, 6) is -0.517. The maximum Gasteiger partial charge on any atom is 0.139 e. The second-order valence-corrected chi connectivity index (χ2v) is 4.70. The monoisotopic (exact) mass is 342 g/mol. The number of nitrogens with zero attached hydrogens (tertiary/aromatic N) is 1. The molecule has 0 saturated carbocycles. The molecule has 0 aliphatic carbocycles. The van der Waals surface area contributed by atoms with Gasteiger partial charge in [0, 0.05) is 31.7 Å². The molecule has 2 N–H and O–H groups in total. The fourth-order valence-corrected chi connectivity index (χ4v) is 2.46. The van der Waals surface area contributed by atoms with Gasteiger partial charge in [0.1, 0.15) is 11.6 Å². The van der Waals surface area contributed by atoms with E-state index in [1.807, 2.05) is 0 Å². The van der Waals surface area contributed by atoms with Crippen LogP contribution in [0.2, 0.25) is 5.02 Å². The van der Waals surface area contributed by atoms with Gasteiger partial charge in [0.25, 0.3) is 0 Å². The van der Waals surface area contributed by atoms with E-state index in [0.717, 1.165) is 32.2 Å². The second-order valence-electron chi connectivity index (χ2n) is 4.29. The van der Waals surface area contributed by atoms with Crippen molar-refractivity contribution in [2.45, 2.75) is 6.04 Å². The fraction of sp³-hybridized carbons (Fsp3) is 0.385. The van der Waals surface area contributed by atoms with E-state index in [2.05, 4.69) is 16.8 Å². The van der Waals surface area contributed by atoms with Crippen LogP contribution in [0, 0.1) is 5.82 Å². The lowest BCUT2D eigenvalue weighted by Gasteiger charge is -2.33. The van der Waals surface area contributed by atoms with E-state index in [1.54, 1.807) is 6.08 Å². The summed E-state index contributed by atoms with van der Waals surface area (Å²) in [6.07, 6.45) is 1.70. The molecule has 0 aromatic heterocycles. The van der Waals surface area contributed by atoms with Crippen LogP contribution in [0.3, 0.4) is 0 Å². The van der Waals surface area contributed by atoms with Gasteiger partial charge in [0.05, 0.1) is 11.1 Å². The van der Waals surface area contributed by atoms with Crippen LogP contribution < -0.4 is 5.32 Å². The molecule has 1 atom stereocenters. The van der Waals surface area contributed by atoms with E-state index < -0.39 is 5.82 Å². The van der Waals surface area contributed by atoms with Gasteiger partial charge in [-0.2, -0.15) is 0 Å². The summed E-state index contributed by atoms with van der Waals surface area (Å²) >= 11 is 5.80. The highest BCUT2D eigenvalue weighted by atomic mass is 35.5. The standard InChI is InChI=1S/C13H16ClFN2O.2ClH/c1-2-12(17-5-3-16-4-6-17)10-7-9(15)8-11(14)13(10)18;;/h2,7-8,12,16,18H,1,3-6H2;2*1H/t12-;;/m1../s1. The van der Waals surface area contributed by atoms with E-state index in [9.17, 15) is 9.50 Å². The summed E-state index contributed by atoms with van der Waals surface area (Å²) in [5.41, 5.74) is 0.469. The van der Waals surface area contributed by atoms with Crippen molar-refractivity contribution in [1.29, 1.82) is 0 Å². The Bertz CT molecular complexity index is 453. The Labute approximate surface area is 135 Å². The number of phenols is 1. The first-order chi connectivity index (χ1) is 8.63. The molecule has 1 fully saturated rings. The van der Waals surface area contributed by atoms with Crippen LogP contribution in [-0.2, 0) is 0 Å². The topological polar surface area (TPSA) is 35.5 Å². The van der Waals surface area contributed by atoms with Gasteiger partial charge in [-0.3, -0.25) is 4.90 Å². The van der Waals surface area contributed by atoms with Crippen molar-refractivity contribution in [3.05, 3.63) is 41.2 Å². The number of phenolic OH excluding ortho intramolecular Hbond substituents is 1. The third kappa shape index (κ3) is 4.24. The predicted octanol–water partition coefficient (Wildman–Crippen LogP) is 3.16. The largest absolute Gasteiger partial charge is 0.506 e. The number of hydrogen-bond acceptors (Lipinski definition) is 3. The summed E-state index contributed by atoms with van der Waals surface area (Å²) in [7, 11) is 0. The van der Waals surface area contributed by atoms with Crippen molar-refractivity contribution in [2.24, 2.45) is 0 Å². The molecule has 7 heteroatoms. The van der Waals surface area contributed by atoms with Gasteiger partial charge >= 0.3 is 0 Å². The normalized spacial score (nSPS) is 16.7. The highest BCUT2D eigenvalue weighted by Gasteiger charge is 2.23. The summed E-state index contributed by atoms with van der Waals surface area (Å²) in [4.78, 5) is 2.13. The molecule has 0 amide bonds.